The van der Waals surface area contributed by atoms with Gasteiger partial charge >= 0.3 is 5.97 Å². The Balaban J connectivity index is 1.91. The van der Waals surface area contributed by atoms with Crippen LogP contribution in [0.3, 0.4) is 0 Å². The average molecular weight is 617 g/mol. The summed E-state index contributed by atoms with van der Waals surface area (Å²) in [5.41, 5.74) is 3.69. The fourth-order valence-electron chi connectivity index (χ4n) is 5.72. The van der Waals surface area contributed by atoms with Gasteiger partial charge in [-0.3, -0.25) is 4.79 Å². The third-order valence-electron chi connectivity index (χ3n) is 8.23. The summed E-state index contributed by atoms with van der Waals surface area (Å²) < 4.78 is 28.5. The predicted molar refractivity (Wildman–Crippen MR) is 173 cm³/mol. The van der Waals surface area contributed by atoms with Crippen LogP contribution in [0, 0.1) is 12.8 Å². The normalized spacial score (nSPS) is 15.0. The molecule has 0 radical (unpaired) electrons. The van der Waals surface area contributed by atoms with Gasteiger partial charge in [-0.2, -0.15) is 16.1 Å². The summed E-state index contributed by atoms with van der Waals surface area (Å²) >= 11 is 1.53. The highest BCUT2D eigenvalue weighted by Crippen LogP contribution is 2.30. The van der Waals surface area contributed by atoms with Gasteiger partial charge in [0.05, 0.1) is 5.75 Å². The lowest BCUT2D eigenvalue weighted by molar-refractivity contribution is -0.139. The molecule has 1 unspecified atom stereocenters. The molecule has 2 N–H and O–H groups in total. The van der Waals surface area contributed by atoms with Gasteiger partial charge in [0.15, 0.2) is 0 Å². The fourth-order valence-corrected chi connectivity index (χ4v) is 7.86. The molecule has 42 heavy (non-hydrogen) atoms. The number of rotatable bonds is 17. The first-order valence-corrected chi connectivity index (χ1v) is 18.4. The van der Waals surface area contributed by atoms with E-state index in [0.29, 0.717) is 42.2 Å². The highest BCUT2D eigenvalue weighted by atomic mass is 32.2. The number of hydrogen-bond donors (Lipinski definition) is 2. The Morgan fingerprint density at radius 3 is 2.48 bits per heavy atom. The molecule has 0 heterocycles. The zero-order chi connectivity index (χ0) is 30.5. The van der Waals surface area contributed by atoms with Crippen LogP contribution in [0.5, 0.6) is 0 Å². The van der Waals surface area contributed by atoms with Crippen LogP contribution in [0.1, 0.15) is 92.6 Å². The molecule has 0 saturated heterocycles. The Hall–Kier alpha value is -2.36. The van der Waals surface area contributed by atoms with E-state index in [9.17, 15) is 23.1 Å². The Bertz CT molecular complexity index is 1270. The van der Waals surface area contributed by atoms with Gasteiger partial charge in [0, 0.05) is 18.7 Å². The number of aliphatic carboxylic acids is 1. The topological polar surface area (TPSA) is 104 Å². The van der Waals surface area contributed by atoms with Gasteiger partial charge in [-0.05, 0) is 84.9 Å². The third kappa shape index (κ3) is 10.1. The van der Waals surface area contributed by atoms with E-state index in [1.807, 2.05) is 50.4 Å². The van der Waals surface area contributed by atoms with Gasteiger partial charge in [0.25, 0.3) is 5.91 Å². The van der Waals surface area contributed by atoms with Crippen LogP contribution in [-0.4, -0.2) is 60.1 Å². The second kappa shape index (κ2) is 17.1. The van der Waals surface area contributed by atoms with Crippen molar-refractivity contribution >= 4 is 33.7 Å². The van der Waals surface area contributed by atoms with Crippen LogP contribution in [0.2, 0.25) is 0 Å². The summed E-state index contributed by atoms with van der Waals surface area (Å²) in [5, 5.41) is 12.4. The number of sulfonamides is 1. The number of nitrogens with one attached hydrogen (secondary N) is 1. The molecule has 1 fully saturated rings. The van der Waals surface area contributed by atoms with Gasteiger partial charge < -0.3 is 10.4 Å². The van der Waals surface area contributed by atoms with E-state index < -0.39 is 27.9 Å². The monoisotopic (exact) mass is 616 g/mol. The number of carbonyl (C=O) groups is 2. The molecule has 232 valence electrons. The first-order valence-electron chi connectivity index (χ1n) is 15.4. The highest BCUT2D eigenvalue weighted by Gasteiger charge is 2.25. The maximum Gasteiger partial charge on any atom is 0.326 e. The lowest BCUT2D eigenvalue weighted by Gasteiger charge is -2.25. The SMILES string of the molecule is CCCCS(=O)(=O)N(CCCC1CCCCC1)Cc1ccc(C(=O)NC(CCSC)C(=O)O)c(-c2ccccc2C)c1. The second-order valence-electron chi connectivity index (χ2n) is 11.5. The minimum atomic E-state index is -3.45. The van der Waals surface area contributed by atoms with E-state index in [0.717, 1.165) is 36.0 Å². The molecule has 0 aromatic heterocycles. The quantitative estimate of drug-likeness (QED) is 0.201. The summed E-state index contributed by atoms with van der Waals surface area (Å²) in [6.45, 7) is 4.69. The van der Waals surface area contributed by atoms with Crippen molar-refractivity contribution < 1.29 is 23.1 Å². The summed E-state index contributed by atoms with van der Waals surface area (Å²) in [5.74, 6) is -0.0787. The largest absolute Gasteiger partial charge is 0.480 e. The summed E-state index contributed by atoms with van der Waals surface area (Å²) in [4.78, 5) is 25.3. The van der Waals surface area contributed by atoms with Crippen molar-refractivity contribution in [2.75, 3.05) is 24.3 Å². The van der Waals surface area contributed by atoms with Gasteiger partial charge in [0.2, 0.25) is 10.0 Å². The molecule has 2 aromatic rings. The van der Waals surface area contributed by atoms with Crippen molar-refractivity contribution in [1.82, 2.24) is 9.62 Å². The molecule has 1 aliphatic rings. The first-order chi connectivity index (χ1) is 20.2. The maximum absolute atomic E-state index is 13.4. The van der Waals surface area contributed by atoms with E-state index in [1.54, 1.807) is 16.4 Å². The molecule has 1 aliphatic carbocycles. The minimum Gasteiger partial charge on any atom is -0.480 e. The summed E-state index contributed by atoms with van der Waals surface area (Å²) in [6.07, 6.45) is 11.9. The van der Waals surface area contributed by atoms with Crippen molar-refractivity contribution in [2.45, 2.75) is 90.6 Å². The van der Waals surface area contributed by atoms with E-state index in [2.05, 4.69) is 5.32 Å². The number of unbranched alkanes of at least 4 members (excludes halogenated alkanes) is 1. The lowest BCUT2D eigenvalue weighted by atomic mass is 9.86. The molecule has 1 amide bonds. The Kier molecular flexibility index (Phi) is 13.9. The highest BCUT2D eigenvalue weighted by molar-refractivity contribution is 7.98. The van der Waals surface area contributed by atoms with Crippen molar-refractivity contribution in [3.05, 3.63) is 59.2 Å². The zero-order valence-corrected chi connectivity index (χ0v) is 27.1. The Labute approximate surface area is 256 Å². The van der Waals surface area contributed by atoms with E-state index in [1.165, 1.54) is 43.9 Å². The van der Waals surface area contributed by atoms with Crippen LogP contribution < -0.4 is 5.32 Å². The fraction of sp³-hybridized carbons (Fsp3) is 0.576. The van der Waals surface area contributed by atoms with E-state index in [-0.39, 0.29) is 12.3 Å². The molecule has 1 atom stereocenters. The molecule has 0 spiro atoms. The Morgan fingerprint density at radius 1 is 1.07 bits per heavy atom. The molecular weight excluding hydrogens is 569 g/mol. The van der Waals surface area contributed by atoms with Gasteiger partial charge in [-0.15, -0.1) is 0 Å². The van der Waals surface area contributed by atoms with Crippen LogP contribution >= 0.6 is 11.8 Å². The minimum absolute atomic E-state index is 0.130. The molecule has 0 bridgehead atoms. The number of hydrogen-bond acceptors (Lipinski definition) is 5. The Morgan fingerprint density at radius 2 is 1.81 bits per heavy atom. The van der Waals surface area contributed by atoms with Crippen molar-refractivity contribution in [1.29, 1.82) is 0 Å². The zero-order valence-electron chi connectivity index (χ0n) is 25.4. The molecule has 3 rings (SSSR count). The van der Waals surface area contributed by atoms with Crippen LogP contribution in [0.25, 0.3) is 11.1 Å². The number of carbonyl (C=O) groups excluding carboxylic acids is 1. The second-order valence-corrected chi connectivity index (χ2v) is 14.6. The first kappa shape index (κ1) is 34.1. The predicted octanol–water partition coefficient (Wildman–Crippen LogP) is 6.89. The van der Waals surface area contributed by atoms with E-state index >= 15 is 0 Å². The molecule has 1 saturated carbocycles. The number of aryl methyl sites for hydroxylation is 1. The molecule has 9 heteroatoms. The van der Waals surface area contributed by atoms with Gasteiger partial charge in [0.1, 0.15) is 6.04 Å². The molecular formula is C33H48N2O5S2. The number of thioether (sulfide) groups is 1. The van der Waals surface area contributed by atoms with Crippen LogP contribution in [0.4, 0.5) is 0 Å². The third-order valence-corrected chi connectivity index (χ3v) is 10.8. The van der Waals surface area contributed by atoms with Gasteiger partial charge in [-0.25, -0.2) is 13.2 Å². The lowest BCUT2D eigenvalue weighted by Crippen LogP contribution is -2.41. The van der Waals surface area contributed by atoms with Crippen molar-refractivity contribution in [2.24, 2.45) is 5.92 Å². The molecule has 2 aromatic carbocycles. The van der Waals surface area contributed by atoms with Crippen molar-refractivity contribution in [3.63, 3.8) is 0 Å². The number of carboxylic acid groups (broad SMARTS) is 1. The van der Waals surface area contributed by atoms with Crippen LogP contribution in [-0.2, 0) is 21.4 Å². The standard InChI is InChI=1S/C33H48N2O5S2/c1-4-5-22-42(39,40)35(20-11-15-26-13-7-6-8-14-26)24-27-17-18-29(30(23-27)28-16-10-9-12-25(28)2)32(36)34-31(33(37)38)19-21-41-3/h9-10,12,16-18,23,26,31H,4-8,11,13-15,19-22,24H2,1-3H3,(H,34,36)(H,37,38). The van der Waals surface area contributed by atoms with Crippen molar-refractivity contribution in [3.8, 4) is 11.1 Å². The number of benzene rings is 2. The van der Waals surface area contributed by atoms with E-state index in [4.69, 9.17) is 0 Å². The average Bonchev–Trinajstić information content (AvgIpc) is 2.98. The number of nitrogens with zero attached hydrogens (tertiary/aromatic N) is 1. The number of amides is 1. The number of carboxylic acids is 1. The maximum atomic E-state index is 13.4. The smallest absolute Gasteiger partial charge is 0.326 e. The summed E-state index contributed by atoms with van der Waals surface area (Å²) in [6, 6.07) is 12.2. The molecule has 7 nitrogen and oxygen atoms in total. The van der Waals surface area contributed by atoms with Crippen LogP contribution in [0.15, 0.2) is 42.5 Å². The molecule has 0 aliphatic heterocycles. The summed E-state index contributed by atoms with van der Waals surface area (Å²) in [7, 11) is -3.45. The van der Waals surface area contributed by atoms with Gasteiger partial charge in [-0.1, -0.05) is 75.8 Å².